The van der Waals surface area contributed by atoms with Gasteiger partial charge < -0.3 is 4.90 Å². The van der Waals surface area contributed by atoms with Gasteiger partial charge >= 0.3 is 0 Å². The van der Waals surface area contributed by atoms with Crippen LogP contribution in [0.25, 0.3) is 10.2 Å². The Hall–Kier alpha value is -2.33. The van der Waals surface area contributed by atoms with Gasteiger partial charge in [-0.25, -0.2) is 9.37 Å². The minimum atomic E-state index is -0.611. The van der Waals surface area contributed by atoms with E-state index in [9.17, 15) is 19.3 Å². The number of fused-ring (bicyclic) bond motifs is 1. The summed E-state index contributed by atoms with van der Waals surface area (Å²) in [6.45, 7) is 6.43. The maximum absolute atomic E-state index is 13.6. The molecule has 0 N–H and O–H groups in total. The van der Waals surface area contributed by atoms with Gasteiger partial charge in [0.05, 0.1) is 15.1 Å². The van der Waals surface area contributed by atoms with Crippen LogP contribution in [-0.4, -0.2) is 46.9 Å². The first kappa shape index (κ1) is 24.9. The van der Waals surface area contributed by atoms with Gasteiger partial charge in [-0.1, -0.05) is 36.8 Å². The second-order valence-electron chi connectivity index (χ2n) is 6.51. The van der Waals surface area contributed by atoms with Crippen molar-refractivity contribution in [1.82, 2.24) is 9.88 Å². The van der Waals surface area contributed by atoms with Crippen LogP contribution in [0.4, 0.5) is 15.2 Å². The number of benzene rings is 2. The molecule has 166 valence electrons. The molecule has 0 saturated carbocycles. The van der Waals surface area contributed by atoms with Gasteiger partial charge in [-0.15, -0.1) is 12.4 Å². The molecule has 0 unspecified atom stereocenters. The fourth-order valence-corrected chi connectivity index (χ4v) is 4.24. The highest BCUT2D eigenvalue weighted by Crippen LogP contribution is 2.32. The molecule has 31 heavy (non-hydrogen) atoms. The third-order valence-electron chi connectivity index (χ3n) is 4.74. The average Bonchev–Trinajstić information content (AvgIpc) is 3.13. The summed E-state index contributed by atoms with van der Waals surface area (Å²) in [6.07, 6.45) is 0. The molecule has 0 aliphatic carbocycles. The van der Waals surface area contributed by atoms with E-state index in [1.807, 2.05) is 13.8 Å². The number of halogens is 3. The minimum absolute atomic E-state index is 0. The number of anilines is 1. The summed E-state index contributed by atoms with van der Waals surface area (Å²) in [7, 11) is 0. The predicted molar refractivity (Wildman–Crippen MR) is 124 cm³/mol. The van der Waals surface area contributed by atoms with Crippen molar-refractivity contribution < 1.29 is 14.1 Å². The predicted octanol–water partition coefficient (Wildman–Crippen LogP) is 5.41. The second kappa shape index (κ2) is 10.8. The molecular weight excluding hydrogens is 466 g/mol. The summed E-state index contributed by atoms with van der Waals surface area (Å²) in [5.74, 6) is -0.972. The zero-order valence-electron chi connectivity index (χ0n) is 16.9. The van der Waals surface area contributed by atoms with Crippen LogP contribution >= 0.6 is 35.3 Å². The number of nitro benzene ring substituents is 1. The van der Waals surface area contributed by atoms with Gasteiger partial charge in [0, 0.05) is 24.2 Å². The first-order chi connectivity index (χ1) is 14.3. The van der Waals surface area contributed by atoms with Gasteiger partial charge in [-0.3, -0.25) is 19.8 Å². The van der Waals surface area contributed by atoms with Crippen LogP contribution in [0.2, 0.25) is 5.02 Å². The molecule has 0 aliphatic heterocycles. The standard InChI is InChI=1S/C20H20ClFN4O3S.ClH/c1-3-24(4-2)9-10-25(20-23-16-7-6-14(22)12-18(16)30-20)19(27)15-11-13(21)5-8-17(15)26(28)29;/h5-8,11-12H,3-4,9-10H2,1-2H3;1H. The van der Waals surface area contributed by atoms with Crippen molar-refractivity contribution in [3.8, 4) is 0 Å². The van der Waals surface area contributed by atoms with Crippen molar-refractivity contribution >= 4 is 62.3 Å². The lowest BCUT2D eigenvalue weighted by atomic mass is 10.1. The lowest BCUT2D eigenvalue weighted by Gasteiger charge is -2.24. The molecule has 0 fully saturated rings. The summed E-state index contributed by atoms with van der Waals surface area (Å²) in [6, 6.07) is 8.07. The number of likely N-dealkylation sites (N-methyl/N-ethyl adjacent to an activating group) is 1. The Morgan fingerprint density at radius 3 is 2.55 bits per heavy atom. The Kier molecular flexibility index (Phi) is 8.69. The highest BCUT2D eigenvalue weighted by Gasteiger charge is 2.28. The molecule has 1 amide bonds. The number of aromatic nitrogens is 1. The van der Waals surface area contributed by atoms with E-state index in [1.165, 1.54) is 35.2 Å². The number of hydrogen-bond donors (Lipinski definition) is 0. The maximum Gasteiger partial charge on any atom is 0.282 e. The van der Waals surface area contributed by atoms with Gasteiger partial charge in [0.15, 0.2) is 5.13 Å². The topological polar surface area (TPSA) is 79.6 Å². The van der Waals surface area contributed by atoms with Crippen LogP contribution in [0.15, 0.2) is 36.4 Å². The number of nitrogens with zero attached hydrogens (tertiary/aromatic N) is 4. The van der Waals surface area contributed by atoms with E-state index in [0.717, 1.165) is 24.4 Å². The lowest BCUT2D eigenvalue weighted by molar-refractivity contribution is -0.385. The van der Waals surface area contributed by atoms with Crippen molar-refractivity contribution in [3.63, 3.8) is 0 Å². The number of amides is 1. The number of carbonyl (C=O) groups is 1. The molecule has 3 aromatic rings. The van der Waals surface area contributed by atoms with E-state index in [1.54, 1.807) is 6.07 Å². The summed E-state index contributed by atoms with van der Waals surface area (Å²) in [5.41, 5.74) is 0.111. The second-order valence-corrected chi connectivity index (χ2v) is 7.96. The zero-order valence-corrected chi connectivity index (χ0v) is 19.3. The van der Waals surface area contributed by atoms with Gasteiger partial charge in [-0.2, -0.15) is 0 Å². The molecule has 11 heteroatoms. The van der Waals surface area contributed by atoms with E-state index in [0.29, 0.717) is 21.9 Å². The smallest absolute Gasteiger partial charge is 0.282 e. The average molecular weight is 487 g/mol. The van der Waals surface area contributed by atoms with E-state index in [2.05, 4.69) is 9.88 Å². The Bertz CT molecular complexity index is 1090. The molecule has 1 aromatic heterocycles. The van der Waals surface area contributed by atoms with Crippen LogP contribution in [0.5, 0.6) is 0 Å². The molecular formula is C20H21Cl2FN4O3S. The Balaban J connectivity index is 0.00000341. The minimum Gasteiger partial charge on any atom is -0.302 e. The SMILES string of the molecule is CCN(CC)CCN(C(=O)c1cc(Cl)ccc1[N+](=O)[O-])c1nc2ccc(F)cc2s1.Cl. The van der Waals surface area contributed by atoms with E-state index in [4.69, 9.17) is 11.6 Å². The van der Waals surface area contributed by atoms with Crippen LogP contribution in [0, 0.1) is 15.9 Å². The first-order valence-electron chi connectivity index (χ1n) is 9.38. The van der Waals surface area contributed by atoms with Crippen LogP contribution in [-0.2, 0) is 0 Å². The van der Waals surface area contributed by atoms with E-state index >= 15 is 0 Å². The molecule has 0 aliphatic rings. The normalized spacial score (nSPS) is 10.9. The number of rotatable bonds is 8. The van der Waals surface area contributed by atoms with Crippen LogP contribution < -0.4 is 4.90 Å². The number of nitro groups is 1. The van der Waals surface area contributed by atoms with Gasteiger partial charge in [0.1, 0.15) is 11.4 Å². The van der Waals surface area contributed by atoms with E-state index < -0.39 is 16.6 Å². The number of hydrogen-bond acceptors (Lipinski definition) is 6. The highest BCUT2D eigenvalue weighted by atomic mass is 35.5. The van der Waals surface area contributed by atoms with Crippen LogP contribution in [0.1, 0.15) is 24.2 Å². The lowest BCUT2D eigenvalue weighted by Crippen LogP contribution is -2.39. The summed E-state index contributed by atoms with van der Waals surface area (Å²) in [5, 5.41) is 12.0. The third kappa shape index (κ3) is 5.68. The van der Waals surface area contributed by atoms with Gasteiger partial charge in [0.2, 0.25) is 0 Å². The summed E-state index contributed by atoms with van der Waals surface area (Å²) < 4.78 is 14.2. The molecule has 0 spiro atoms. The fraction of sp³-hybridized carbons (Fsp3) is 0.300. The Labute approximate surface area is 194 Å². The Morgan fingerprint density at radius 1 is 1.19 bits per heavy atom. The van der Waals surface area contributed by atoms with Crippen molar-refractivity contribution in [2.45, 2.75) is 13.8 Å². The number of thiazole rings is 1. The van der Waals surface area contributed by atoms with Crippen molar-refractivity contribution in [3.05, 3.63) is 62.9 Å². The van der Waals surface area contributed by atoms with Crippen molar-refractivity contribution in [1.29, 1.82) is 0 Å². The van der Waals surface area contributed by atoms with Gasteiger partial charge in [-0.05, 0) is 43.4 Å². The molecule has 0 radical (unpaired) electrons. The summed E-state index contributed by atoms with van der Waals surface area (Å²) >= 11 is 7.17. The quantitative estimate of drug-likeness (QED) is 0.314. The monoisotopic (exact) mass is 486 g/mol. The molecule has 2 aromatic carbocycles. The van der Waals surface area contributed by atoms with Crippen molar-refractivity contribution in [2.24, 2.45) is 0 Å². The van der Waals surface area contributed by atoms with Crippen molar-refractivity contribution in [2.75, 3.05) is 31.1 Å². The van der Waals surface area contributed by atoms with Crippen LogP contribution in [0.3, 0.4) is 0 Å². The highest BCUT2D eigenvalue weighted by molar-refractivity contribution is 7.22. The molecule has 0 bridgehead atoms. The molecule has 1 heterocycles. The maximum atomic E-state index is 13.6. The molecule has 0 saturated heterocycles. The third-order valence-corrected chi connectivity index (χ3v) is 6.01. The largest absolute Gasteiger partial charge is 0.302 e. The van der Waals surface area contributed by atoms with E-state index in [-0.39, 0.29) is 35.2 Å². The van der Waals surface area contributed by atoms with Gasteiger partial charge in [0.25, 0.3) is 11.6 Å². The zero-order chi connectivity index (χ0) is 21.8. The molecule has 0 atom stereocenters. The molecule has 7 nitrogen and oxygen atoms in total. The summed E-state index contributed by atoms with van der Waals surface area (Å²) in [4.78, 5) is 32.2. The number of carbonyl (C=O) groups excluding carboxylic acids is 1. The first-order valence-corrected chi connectivity index (χ1v) is 10.6. The fourth-order valence-electron chi connectivity index (χ4n) is 3.05. The Morgan fingerprint density at radius 2 is 1.90 bits per heavy atom. The molecule has 3 rings (SSSR count).